The van der Waals surface area contributed by atoms with Crippen molar-refractivity contribution in [2.24, 2.45) is 0 Å². The molecule has 11 heteroatoms. The Hall–Kier alpha value is -3.21. The number of fused-ring (bicyclic) bond motifs is 1. The van der Waals surface area contributed by atoms with E-state index in [0.29, 0.717) is 10.3 Å². The van der Waals surface area contributed by atoms with Gasteiger partial charge in [-0.25, -0.2) is 18.4 Å². The maximum Gasteiger partial charge on any atom is 0.282 e. The molecule has 4 heterocycles. The third kappa shape index (κ3) is 3.73. The van der Waals surface area contributed by atoms with Crippen molar-refractivity contribution in [3.05, 3.63) is 70.1 Å². The van der Waals surface area contributed by atoms with Crippen molar-refractivity contribution >= 4 is 27.5 Å². The molecule has 0 saturated heterocycles. The van der Waals surface area contributed by atoms with Crippen molar-refractivity contribution in [2.75, 3.05) is 0 Å². The molecule has 0 bridgehead atoms. The molecular weight excluding hydrogens is 448 g/mol. The molecule has 0 spiro atoms. The van der Waals surface area contributed by atoms with Gasteiger partial charge in [-0.3, -0.25) is 14.2 Å². The summed E-state index contributed by atoms with van der Waals surface area (Å²) in [5.74, 6) is -0.381. The number of hydrogen-bond acceptors (Lipinski definition) is 5. The van der Waals surface area contributed by atoms with Gasteiger partial charge in [0.25, 0.3) is 12.3 Å². The summed E-state index contributed by atoms with van der Waals surface area (Å²) in [6.07, 6.45) is 2.96. The van der Waals surface area contributed by atoms with Gasteiger partial charge < -0.3 is 5.32 Å². The van der Waals surface area contributed by atoms with Crippen molar-refractivity contribution in [1.82, 2.24) is 34.7 Å². The summed E-state index contributed by atoms with van der Waals surface area (Å²) in [7, 11) is 0. The van der Waals surface area contributed by atoms with Gasteiger partial charge in [-0.2, -0.15) is 0 Å². The summed E-state index contributed by atoms with van der Waals surface area (Å²) >= 11 is 3.34. The van der Waals surface area contributed by atoms with Gasteiger partial charge in [0.2, 0.25) is 0 Å². The largest absolute Gasteiger partial charge is 0.348 e. The molecule has 0 aromatic carbocycles. The van der Waals surface area contributed by atoms with Crippen molar-refractivity contribution in [2.45, 2.75) is 19.9 Å². The van der Waals surface area contributed by atoms with Crippen LogP contribution in [0.15, 0.2) is 47.6 Å². The zero-order chi connectivity index (χ0) is 20.5. The summed E-state index contributed by atoms with van der Waals surface area (Å²) in [5.41, 5.74) is 2.14. The second-order valence-corrected chi connectivity index (χ2v) is 7.06. The smallest absolute Gasteiger partial charge is 0.282 e. The maximum absolute atomic E-state index is 13.3. The molecule has 148 valence electrons. The van der Waals surface area contributed by atoms with Crippen LogP contribution in [0, 0.1) is 6.92 Å². The molecule has 0 aliphatic rings. The van der Waals surface area contributed by atoms with Gasteiger partial charge in [0.05, 0.1) is 18.0 Å². The van der Waals surface area contributed by atoms with Gasteiger partial charge >= 0.3 is 0 Å². The van der Waals surface area contributed by atoms with Crippen LogP contribution in [0.25, 0.3) is 11.3 Å². The van der Waals surface area contributed by atoms with E-state index in [1.807, 2.05) is 19.1 Å². The standard InChI is InChI=1S/C18H14BrF2N7O/c1-10-2-3-11(5-22-10)6-24-18(29)12-4-13(17-23-8-15(19)27(17)9-12)28-14(16(20)21)7-25-26-28/h2-5,7-9,16H,6H2,1H3,(H,24,29). The van der Waals surface area contributed by atoms with Crippen LogP contribution in [0.4, 0.5) is 8.78 Å². The number of carbonyl (C=O) groups is 1. The van der Waals surface area contributed by atoms with Crippen LogP contribution in [-0.4, -0.2) is 35.3 Å². The molecule has 1 N–H and O–H groups in total. The van der Waals surface area contributed by atoms with E-state index in [4.69, 9.17) is 0 Å². The Morgan fingerprint density at radius 2 is 2.07 bits per heavy atom. The number of halogens is 3. The second-order valence-electron chi connectivity index (χ2n) is 6.25. The number of aryl methyl sites for hydroxylation is 1. The van der Waals surface area contributed by atoms with E-state index >= 15 is 0 Å². The third-order valence-corrected chi connectivity index (χ3v) is 4.84. The summed E-state index contributed by atoms with van der Waals surface area (Å²) in [6.45, 7) is 2.15. The number of pyridine rings is 2. The van der Waals surface area contributed by atoms with Gasteiger partial charge in [-0.1, -0.05) is 11.3 Å². The lowest BCUT2D eigenvalue weighted by atomic mass is 10.2. The highest BCUT2D eigenvalue weighted by Crippen LogP contribution is 2.25. The minimum Gasteiger partial charge on any atom is -0.348 e. The zero-order valence-electron chi connectivity index (χ0n) is 15.1. The first kappa shape index (κ1) is 19.1. The highest BCUT2D eigenvalue weighted by atomic mass is 79.9. The number of nitrogens with zero attached hydrogens (tertiary/aromatic N) is 6. The van der Waals surface area contributed by atoms with Crippen molar-refractivity contribution in [3.63, 3.8) is 0 Å². The first-order valence-corrected chi connectivity index (χ1v) is 9.29. The summed E-state index contributed by atoms with van der Waals surface area (Å²) in [5, 5.41) is 10.1. The van der Waals surface area contributed by atoms with E-state index in [9.17, 15) is 13.6 Å². The fourth-order valence-electron chi connectivity index (χ4n) is 2.79. The zero-order valence-corrected chi connectivity index (χ0v) is 16.6. The van der Waals surface area contributed by atoms with Gasteiger partial charge in [-0.15, -0.1) is 5.10 Å². The summed E-state index contributed by atoms with van der Waals surface area (Å²) < 4.78 is 29.8. The number of carbonyl (C=O) groups excluding carboxylic acids is 1. The molecule has 0 saturated carbocycles. The Labute approximate surface area is 171 Å². The first-order valence-electron chi connectivity index (χ1n) is 8.49. The van der Waals surface area contributed by atoms with Crippen molar-refractivity contribution in [1.29, 1.82) is 0 Å². The normalized spacial score (nSPS) is 11.3. The molecular formula is C18H14BrF2N7O. The molecule has 4 rings (SSSR count). The van der Waals surface area contributed by atoms with Gasteiger partial charge in [0.1, 0.15) is 16.0 Å². The molecule has 0 aliphatic carbocycles. The fraction of sp³-hybridized carbons (Fsp3) is 0.167. The lowest BCUT2D eigenvalue weighted by molar-refractivity contribution is 0.0950. The van der Waals surface area contributed by atoms with Crippen LogP contribution in [0.2, 0.25) is 0 Å². The van der Waals surface area contributed by atoms with Crippen LogP contribution >= 0.6 is 15.9 Å². The molecule has 0 fully saturated rings. The quantitative estimate of drug-likeness (QED) is 0.492. The van der Waals surface area contributed by atoms with Crippen LogP contribution in [0.5, 0.6) is 0 Å². The summed E-state index contributed by atoms with van der Waals surface area (Å²) in [6, 6.07) is 5.18. The van der Waals surface area contributed by atoms with Crippen LogP contribution < -0.4 is 5.32 Å². The van der Waals surface area contributed by atoms with Crippen molar-refractivity contribution < 1.29 is 13.6 Å². The maximum atomic E-state index is 13.3. The van der Waals surface area contributed by atoms with E-state index < -0.39 is 12.1 Å². The Bertz CT molecular complexity index is 1190. The van der Waals surface area contributed by atoms with Gasteiger partial charge in [0.15, 0.2) is 5.65 Å². The number of rotatable bonds is 5. The van der Waals surface area contributed by atoms with E-state index in [2.05, 4.69) is 41.5 Å². The SMILES string of the molecule is Cc1ccc(CNC(=O)c2cc(-n3nncc3C(F)F)c3ncc(Br)n3c2)cn1. The Balaban J connectivity index is 1.71. The van der Waals surface area contributed by atoms with Gasteiger partial charge in [-0.05, 0) is 40.5 Å². The molecule has 8 nitrogen and oxygen atoms in total. The number of alkyl halides is 2. The molecule has 0 radical (unpaired) electrons. The number of amides is 1. The number of nitrogens with one attached hydrogen (secondary N) is 1. The number of imidazole rings is 1. The molecule has 1 amide bonds. The Morgan fingerprint density at radius 1 is 1.24 bits per heavy atom. The lowest BCUT2D eigenvalue weighted by Gasteiger charge is -2.11. The second kappa shape index (κ2) is 7.66. The Kier molecular flexibility index (Phi) is 5.05. The van der Waals surface area contributed by atoms with Crippen molar-refractivity contribution in [3.8, 4) is 5.69 Å². The van der Waals surface area contributed by atoms with E-state index in [-0.39, 0.29) is 23.7 Å². The molecule has 29 heavy (non-hydrogen) atoms. The monoisotopic (exact) mass is 461 g/mol. The molecule has 0 aliphatic heterocycles. The molecule has 0 atom stereocenters. The summed E-state index contributed by atoms with van der Waals surface area (Å²) in [4.78, 5) is 21.1. The highest BCUT2D eigenvalue weighted by Gasteiger charge is 2.21. The molecule has 4 aromatic rings. The van der Waals surface area contributed by atoms with Crippen LogP contribution in [0.1, 0.15) is 33.7 Å². The number of aromatic nitrogens is 6. The molecule has 4 aromatic heterocycles. The molecule has 0 unspecified atom stereocenters. The minimum absolute atomic E-state index is 0.216. The third-order valence-electron chi connectivity index (χ3n) is 4.26. The predicted molar refractivity (Wildman–Crippen MR) is 103 cm³/mol. The van der Waals surface area contributed by atoms with Crippen LogP contribution in [0.3, 0.4) is 0 Å². The average Bonchev–Trinajstić information content (AvgIpc) is 3.34. The lowest BCUT2D eigenvalue weighted by Crippen LogP contribution is -2.23. The first-order chi connectivity index (χ1) is 13.9. The average molecular weight is 462 g/mol. The van der Waals surface area contributed by atoms with E-state index in [0.717, 1.165) is 22.1 Å². The van der Waals surface area contributed by atoms with E-state index in [1.165, 1.54) is 12.3 Å². The topological polar surface area (TPSA) is 90.0 Å². The Morgan fingerprint density at radius 3 is 2.79 bits per heavy atom. The van der Waals surface area contributed by atoms with E-state index in [1.54, 1.807) is 16.8 Å². The minimum atomic E-state index is -2.78. The fourth-order valence-corrected chi connectivity index (χ4v) is 3.16. The predicted octanol–water partition coefficient (Wildman–Crippen LogP) is 3.25. The van der Waals surface area contributed by atoms with Crippen LogP contribution in [-0.2, 0) is 6.54 Å². The van der Waals surface area contributed by atoms with Gasteiger partial charge in [0, 0.05) is 24.6 Å². The number of hydrogen-bond donors (Lipinski definition) is 1. The highest BCUT2D eigenvalue weighted by molar-refractivity contribution is 9.10.